The molecule has 0 heterocycles. The number of nitrogens with one attached hydrogen (secondary N) is 3. The van der Waals surface area contributed by atoms with Crippen LogP contribution in [0.25, 0.3) is 0 Å². The first-order valence-corrected chi connectivity index (χ1v) is 7.85. The lowest BCUT2D eigenvalue weighted by Gasteiger charge is -2.27. The van der Waals surface area contributed by atoms with E-state index in [0.29, 0.717) is 18.1 Å². The van der Waals surface area contributed by atoms with Crippen molar-refractivity contribution in [3.8, 4) is 0 Å². The summed E-state index contributed by atoms with van der Waals surface area (Å²) >= 11 is 0. The minimum absolute atomic E-state index is 0.578. The van der Waals surface area contributed by atoms with Crippen molar-refractivity contribution in [1.29, 1.82) is 0 Å². The van der Waals surface area contributed by atoms with Gasteiger partial charge in [-0.15, -0.1) is 0 Å². The van der Waals surface area contributed by atoms with Gasteiger partial charge in [0.15, 0.2) is 0 Å². The minimum atomic E-state index is 0.578. The maximum Gasteiger partial charge on any atom is 0.0110 e. The second-order valence-electron chi connectivity index (χ2n) is 6.10. The fraction of sp³-hybridized carbons (Fsp3) is 1.00. The predicted octanol–water partition coefficient (Wildman–Crippen LogP) is 1.28. The highest BCUT2D eigenvalue weighted by molar-refractivity contribution is 4.67. The number of nitrogens with zero attached hydrogens (tertiary/aromatic N) is 1. The zero-order valence-electron chi connectivity index (χ0n) is 13.9. The normalized spacial score (nSPS) is 12.3. The Balaban J connectivity index is 3.59. The maximum atomic E-state index is 3.50. The van der Waals surface area contributed by atoms with Gasteiger partial charge in [0, 0.05) is 57.4 Å². The summed E-state index contributed by atoms with van der Waals surface area (Å²) in [6.07, 6.45) is 0. The van der Waals surface area contributed by atoms with Crippen LogP contribution in [0.1, 0.15) is 41.5 Å². The van der Waals surface area contributed by atoms with Crippen molar-refractivity contribution in [1.82, 2.24) is 20.9 Å². The molecule has 0 rings (SSSR count). The Morgan fingerprint density at radius 3 is 1.74 bits per heavy atom. The van der Waals surface area contributed by atoms with Gasteiger partial charge in [-0.3, -0.25) is 4.90 Å². The first kappa shape index (κ1) is 18.8. The topological polar surface area (TPSA) is 39.3 Å². The molecule has 0 saturated carbocycles. The van der Waals surface area contributed by atoms with Crippen LogP contribution in [0, 0.1) is 0 Å². The quantitative estimate of drug-likeness (QED) is 0.468. The van der Waals surface area contributed by atoms with Gasteiger partial charge in [-0.05, 0) is 13.8 Å². The molecule has 0 aliphatic rings. The average Bonchev–Trinajstić information content (AvgIpc) is 2.29. The molecule has 0 aromatic heterocycles. The van der Waals surface area contributed by atoms with Gasteiger partial charge in [-0.2, -0.15) is 0 Å². The van der Waals surface area contributed by atoms with Gasteiger partial charge in [0.2, 0.25) is 0 Å². The molecular weight excluding hydrogens is 236 g/mol. The second kappa shape index (κ2) is 11.6. The molecule has 0 aromatic carbocycles. The van der Waals surface area contributed by atoms with Crippen LogP contribution in [0.2, 0.25) is 0 Å². The van der Waals surface area contributed by atoms with Crippen molar-refractivity contribution < 1.29 is 0 Å². The van der Waals surface area contributed by atoms with Gasteiger partial charge in [-0.25, -0.2) is 0 Å². The third kappa shape index (κ3) is 12.6. The first-order valence-electron chi connectivity index (χ1n) is 7.85. The maximum absolute atomic E-state index is 3.50. The van der Waals surface area contributed by atoms with Gasteiger partial charge in [0.05, 0.1) is 0 Å². The van der Waals surface area contributed by atoms with E-state index in [2.05, 4.69) is 62.4 Å². The molecule has 0 atom stereocenters. The Morgan fingerprint density at radius 2 is 1.21 bits per heavy atom. The molecular formula is C15H36N4. The molecule has 0 aliphatic heterocycles. The third-order valence-electron chi connectivity index (χ3n) is 3.11. The molecule has 0 aliphatic carbocycles. The van der Waals surface area contributed by atoms with Gasteiger partial charge >= 0.3 is 0 Å². The summed E-state index contributed by atoms with van der Waals surface area (Å²) < 4.78 is 0. The number of hydrogen-bond donors (Lipinski definition) is 3. The minimum Gasteiger partial charge on any atom is -0.314 e. The van der Waals surface area contributed by atoms with Crippen LogP contribution in [0.5, 0.6) is 0 Å². The van der Waals surface area contributed by atoms with Gasteiger partial charge < -0.3 is 16.0 Å². The third-order valence-corrected chi connectivity index (χ3v) is 3.11. The van der Waals surface area contributed by atoms with Crippen molar-refractivity contribution >= 4 is 0 Å². The summed E-state index contributed by atoms with van der Waals surface area (Å²) in [4.78, 5) is 2.53. The smallest absolute Gasteiger partial charge is 0.0110 e. The number of hydrogen-bond acceptors (Lipinski definition) is 4. The van der Waals surface area contributed by atoms with Crippen LogP contribution in [0.3, 0.4) is 0 Å². The van der Waals surface area contributed by atoms with Crippen molar-refractivity contribution in [2.45, 2.75) is 59.7 Å². The van der Waals surface area contributed by atoms with Crippen molar-refractivity contribution in [3.63, 3.8) is 0 Å². The summed E-state index contributed by atoms with van der Waals surface area (Å²) in [5, 5.41) is 10.4. The molecule has 0 spiro atoms. The van der Waals surface area contributed by atoms with E-state index < -0.39 is 0 Å². The molecule has 4 heteroatoms. The Labute approximate surface area is 120 Å². The Hall–Kier alpha value is -0.160. The van der Waals surface area contributed by atoms with Crippen LogP contribution in [-0.2, 0) is 0 Å². The molecule has 3 N–H and O–H groups in total. The monoisotopic (exact) mass is 272 g/mol. The highest BCUT2D eigenvalue weighted by Gasteiger charge is 2.08. The number of rotatable bonds is 12. The van der Waals surface area contributed by atoms with Crippen molar-refractivity contribution in [2.75, 3.05) is 39.3 Å². The molecule has 0 fully saturated rings. The molecule has 0 amide bonds. The van der Waals surface area contributed by atoms with E-state index in [9.17, 15) is 0 Å². The Bertz CT molecular complexity index is 193. The molecule has 0 bridgehead atoms. The van der Waals surface area contributed by atoms with Gasteiger partial charge in [0.25, 0.3) is 0 Å². The SMILES string of the molecule is CC(C)NCCNCCN(CCNC(C)C)C(C)C. The fourth-order valence-corrected chi connectivity index (χ4v) is 1.92. The van der Waals surface area contributed by atoms with Crippen LogP contribution in [-0.4, -0.2) is 62.3 Å². The summed E-state index contributed by atoms with van der Waals surface area (Å²) in [5.74, 6) is 0. The molecule has 19 heavy (non-hydrogen) atoms. The van der Waals surface area contributed by atoms with Gasteiger partial charge in [-0.1, -0.05) is 27.7 Å². The van der Waals surface area contributed by atoms with Crippen LogP contribution in [0.15, 0.2) is 0 Å². The summed E-state index contributed by atoms with van der Waals surface area (Å²) in [5.41, 5.74) is 0. The summed E-state index contributed by atoms with van der Waals surface area (Å²) in [6.45, 7) is 19.8. The second-order valence-corrected chi connectivity index (χ2v) is 6.10. The highest BCUT2D eigenvalue weighted by Crippen LogP contribution is 1.96. The van der Waals surface area contributed by atoms with Crippen molar-refractivity contribution in [3.05, 3.63) is 0 Å². The standard InChI is InChI=1S/C15H36N4/c1-13(2)17-8-7-16-9-11-19(15(5)6)12-10-18-14(3)4/h13-18H,7-12H2,1-6H3. The molecule has 0 saturated heterocycles. The van der Waals surface area contributed by atoms with E-state index in [-0.39, 0.29) is 0 Å². The zero-order valence-corrected chi connectivity index (χ0v) is 13.9. The predicted molar refractivity (Wildman–Crippen MR) is 85.9 cm³/mol. The summed E-state index contributed by atoms with van der Waals surface area (Å²) in [7, 11) is 0. The van der Waals surface area contributed by atoms with Crippen LogP contribution >= 0.6 is 0 Å². The van der Waals surface area contributed by atoms with E-state index in [4.69, 9.17) is 0 Å². The first-order chi connectivity index (χ1) is 8.93. The lowest BCUT2D eigenvalue weighted by atomic mass is 10.3. The lowest BCUT2D eigenvalue weighted by Crippen LogP contribution is -2.42. The molecule has 4 nitrogen and oxygen atoms in total. The van der Waals surface area contributed by atoms with E-state index in [1.54, 1.807) is 0 Å². The molecule has 116 valence electrons. The Kier molecular flexibility index (Phi) is 11.6. The lowest BCUT2D eigenvalue weighted by molar-refractivity contribution is 0.220. The Morgan fingerprint density at radius 1 is 0.684 bits per heavy atom. The van der Waals surface area contributed by atoms with Crippen LogP contribution < -0.4 is 16.0 Å². The van der Waals surface area contributed by atoms with E-state index >= 15 is 0 Å². The largest absolute Gasteiger partial charge is 0.314 e. The summed E-state index contributed by atoms with van der Waals surface area (Å²) in [6, 6.07) is 1.77. The van der Waals surface area contributed by atoms with E-state index in [0.717, 1.165) is 39.3 Å². The average molecular weight is 272 g/mol. The van der Waals surface area contributed by atoms with Crippen molar-refractivity contribution in [2.24, 2.45) is 0 Å². The highest BCUT2D eigenvalue weighted by atomic mass is 15.2. The molecule has 0 radical (unpaired) electrons. The van der Waals surface area contributed by atoms with Crippen LogP contribution in [0.4, 0.5) is 0 Å². The van der Waals surface area contributed by atoms with E-state index in [1.807, 2.05) is 0 Å². The van der Waals surface area contributed by atoms with Gasteiger partial charge in [0.1, 0.15) is 0 Å². The molecule has 0 aromatic rings. The zero-order chi connectivity index (χ0) is 14.7. The van der Waals surface area contributed by atoms with E-state index in [1.165, 1.54) is 0 Å². The molecule has 0 unspecified atom stereocenters. The fourth-order valence-electron chi connectivity index (χ4n) is 1.92.